The summed E-state index contributed by atoms with van der Waals surface area (Å²) in [6.45, 7) is 8.23. The average Bonchev–Trinajstić information content (AvgIpc) is 4.13. The highest BCUT2D eigenvalue weighted by Crippen LogP contribution is 2.58. The number of methoxy groups -OCH3 is 1. The number of rotatable bonds is 7. The van der Waals surface area contributed by atoms with Crippen LogP contribution in [0, 0.1) is 35.0 Å². The predicted octanol–water partition coefficient (Wildman–Crippen LogP) is 4.65. The second-order valence-electron chi connectivity index (χ2n) is 19.3. The molecule has 5 fully saturated rings. The maximum absolute atomic E-state index is 14.9. The molecule has 3 heterocycles. The second-order valence-corrected chi connectivity index (χ2v) is 21.5. The first-order valence-corrected chi connectivity index (χ1v) is 22.7. The smallest absolute Gasteiger partial charge is 0.408 e. The molecule has 2 aliphatic heterocycles. The first kappa shape index (κ1) is 42.3. The van der Waals surface area contributed by atoms with Crippen LogP contribution >= 0.6 is 0 Å². The first-order chi connectivity index (χ1) is 28.2. The van der Waals surface area contributed by atoms with E-state index in [4.69, 9.17) is 24.2 Å². The Morgan fingerprint density at radius 2 is 1.78 bits per heavy atom. The molecule has 60 heavy (non-hydrogen) atoms. The zero-order chi connectivity index (χ0) is 43.1. The number of hydrogen-bond donors (Lipinski definition) is 3. The third kappa shape index (κ3) is 7.85. The standard InChI is InChI=1S/C42H56F2N6O9S/c1-21-31-20-50(32(21)35(51)48-42(19-26(42)34(43)44)38(53)49-60(55,56)41(5)14-15-41)37(52)33(40(2,3)4)47-39(54)59-30-17-22-16-25(22)24(30)10-8-7-9-11-28-36(58-31)46-29-18-23(57-6)12-13-27(29)45-28/h12-13,18,21-22,24-26,30-34H,7-11,14-17,19-20H2,1-6H3,(H,47,54)(H,48,51)(H,49,53)/t21-,22?,24-,25+,26+,30-,31+,32+,33-,42-/m1/s1. The van der Waals surface area contributed by atoms with Gasteiger partial charge in [-0.25, -0.2) is 32.0 Å². The Balaban J connectivity index is 1.15. The van der Waals surface area contributed by atoms with Crippen LogP contribution in [0.4, 0.5) is 13.6 Å². The molecule has 1 aromatic heterocycles. The van der Waals surface area contributed by atoms with Gasteiger partial charge in [0.25, 0.3) is 5.91 Å². The Labute approximate surface area is 348 Å². The first-order valence-electron chi connectivity index (χ1n) is 21.2. The lowest BCUT2D eigenvalue weighted by Crippen LogP contribution is -2.61. The van der Waals surface area contributed by atoms with Crippen LogP contribution in [0.15, 0.2) is 18.2 Å². The lowest BCUT2D eigenvalue weighted by atomic mass is 9.85. The highest BCUT2D eigenvalue weighted by molar-refractivity contribution is 7.91. The van der Waals surface area contributed by atoms with Crippen molar-refractivity contribution >= 4 is 44.9 Å². The van der Waals surface area contributed by atoms with E-state index in [0.717, 1.165) is 38.5 Å². The normalized spacial score (nSPS) is 33.8. The molecule has 6 aliphatic rings. The Morgan fingerprint density at radius 3 is 2.45 bits per heavy atom. The number of alkyl halides is 2. The van der Waals surface area contributed by atoms with Gasteiger partial charge in [0.15, 0.2) is 0 Å². The number of carbonyl (C=O) groups excluding carboxylic acids is 4. The summed E-state index contributed by atoms with van der Waals surface area (Å²) < 4.78 is 73.8. The van der Waals surface area contributed by atoms with Crippen molar-refractivity contribution in [3.8, 4) is 11.6 Å². The zero-order valence-electron chi connectivity index (χ0n) is 35.0. The molecule has 10 atom stereocenters. The van der Waals surface area contributed by atoms with Crippen LogP contribution in [-0.4, -0.2) is 102 Å². The summed E-state index contributed by atoms with van der Waals surface area (Å²) in [5.41, 5.74) is -1.43. The highest BCUT2D eigenvalue weighted by atomic mass is 32.2. The van der Waals surface area contributed by atoms with Gasteiger partial charge in [0.1, 0.15) is 41.3 Å². The minimum Gasteiger partial charge on any atom is -0.497 e. The van der Waals surface area contributed by atoms with E-state index in [-0.39, 0.29) is 24.4 Å². The summed E-state index contributed by atoms with van der Waals surface area (Å²) in [7, 11) is -2.70. The Hall–Kier alpha value is -4.35. The topological polar surface area (TPSA) is 195 Å². The van der Waals surface area contributed by atoms with E-state index in [0.29, 0.717) is 53.6 Å². The van der Waals surface area contributed by atoms with E-state index in [9.17, 15) is 36.4 Å². The van der Waals surface area contributed by atoms with Crippen molar-refractivity contribution in [2.24, 2.45) is 35.0 Å². The number of aromatic nitrogens is 2. The van der Waals surface area contributed by atoms with Gasteiger partial charge in [-0.15, -0.1) is 0 Å². The van der Waals surface area contributed by atoms with E-state index in [1.54, 1.807) is 39.8 Å². The summed E-state index contributed by atoms with van der Waals surface area (Å²) >= 11 is 0. The van der Waals surface area contributed by atoms with Gasteiger partial charge in [-0.05, 0) is 93.6 Å². The van der Waals surface area contributed by atoms with Crippen molar-refractivity contribution in [1.82, 2.24) is 30.2 Å². The quantitative estimate of drug-likeness (QED) is 0.351. The summed E-state index contributed by atoms with van der Waals surface area (Å²) in [5, 5.41) is 5.31. The fourth-order valence-electron chi connectivity index (χ4n) is 9.73. The van der Waals surface area contributed by atoms with Crippen molar-refractivity contribution in [2.45, 2.75) is 140 Å². The van der Waals surface area contributed by atoms with Gasteiger partial charge in [0.2, 0.25) is 34.1 Å². The van der Waals surface area contributed by atoms with Crippen LogP contribution < -0.4 is 24.8 Å². The average molecular weight is 859 g/mol. The van der Waals surface area contributed by atoms with Crippen LogP contribution in [0.5, 0.6) is 11.6 Å². The molecule has 4 saturated carbocycles. The molecular formula is C42H56F2N6O9S. The minimum atomic E-state index is -4.24. The summed E-state index contributed by atoms with van der Waals surface area (Å²) in [5.74, 6) is -3.37. The number of sulfonamides is 1. The van der Waals surface area contributed by atoms with Gasteiger partial charge in [0, 0.05) is 12.0 Å². The summed E-state index contributed by atoms with van der Waals surface area (Å²) in [6, 6.07) is 2.72. The molecule has 8 rings (SSSR count). The molecule has 4 aliphatic carbocycles. The molecule has 1 saturated heterocycles. The van der Waals surface area contributed by atoms with E-state index in [2.05, 4.69) is 10.6 Å². The molecule has 328 valence electrons. The number of fused-ring (bicyclic) bond motifs is 7. The van der Waals surface area contributed by atoms with Crippen molar-refractivity contribution in [3.05, 3.63) is 23.9 Å². The fourth-order valence-corrected chi connectivity index (χ4v) is 11.0. The summed E-state index contributed by atoms with van der Waals surface area (Å²) in [4.78, 5) is 68.0. The number of benzene rings is 1. The molecule has 0 radical (unpaired) electrons. The van der Waals surface area contributed by atoms with Gasteiger partial charge in [-0.2, -0.15) is 0 Å². The third-order valence-electron chi connectivity index (χ3n) is 14.0. The monoisotopic (exact) mass is 858 g/mol. The molecular weight excluding hydrogens is 803 g/mol. The number of halogens is 2. The number of alkyl carbamates (subject to hydrolysis) is 1. The molecule has 4 amide bonds. The number of ether oxygens (including phenoxy) is 3. The molecule has 15 nitrogen and oxygen atoms in total. The van der Waals surface area contributed by atoms with Gasteiger partial charge in [0.05, 0.1) is 35.4 Å². The molecule has 1 aromatic carbocycles. The minimum absolute atomic E-state index is 0.184. The SMILES string of the molecule is COc1ccc2nc3c(nc2c1)O[C@H]1CN(C(=O)[C@H](C(C)(C)C)NC(=O)O[C@@H]2CC4C[C@@H]4[C@H]2CCCCC3)[C@H](C(=O)N[C@]2(C(=O)NS(=O)(=O)C3(C)CC3)C[C@H]2C(F)F)[C@@H]1C. The van der Waals surface area contributed by atoms with Crippen molar-refractivity contribution in [3.63, 3.8) is 0 Å². The van der Waals surface area contributed by atoms with Crippen LogP contribution in [0.1, 0.15) is 98.1 Å². The largest absolute Gasteiger partial charge is 0.497 e. The van der Waals surface area contributed by atoms with Gasteiger partial charge in [-0.1, -0.05) is 40.5 Å². The number of carbonyl (C=O) groups is 4. The lowest BCUT2D eigenvalue weighted by molar-refractivity contribution is -0.143. The van der Waals surface area contributed by atoms with Crippen LogP contribution in [0.25, 0.3) is 11.0 Å². The number of amides is 4. The summed E-state index contributed by atoms with van der Waals surface area (Å²) in [6.07, 6.45) is 0.962. The van der Waals surface area contributed by atoms with Crippen molar-refractivity contribution in [1.29, 1.82) is 0 Å². The van der Waals surface area contributed by atoms with E-state index < -0.39 is 92.4 Å². The van der Waals surface area contributed by atoms with Crippen LogP contribution in [0.2, 0.25) is 0 Å². The van der Waals surface area contributed by atoms with Crippen LogP contribution in [0.3, 0.4) is 0 Å². The third-order valence-corrected chi connectivity index (χ3v) is 16.2. The number of aryl methyl sites for hydroxylation is 1. The Morgan fingerprint density at radius 1 is 1.03 bits per heavy atom. The number of nitrogens with zero attached hydrogens (tertiary/aromatic N) is 3. The molecule has 1 unspecified atom stereocenters. The molecule has 2 bridgehead atoms. The van der Waals surface area contributed by atoms with Crippen LogP contribution in [-0.2, 0) is 35.6 Å². The molecule has 0 spiro atoms. The zero-order valence-corrected chi connectivity index (χ0v) is 35.8. The van der Waals surface area contributed by atoms with Crippen molar-refractivity contribution in [2.75, 3.05) is 13.7 Å². The van der Waals surface area contributed by atoms with Gasteiger partial charge in [-0.3, -0.25) is 19.1 Å². The van der Waals surface area contributed by atoms with Crippen molar-refractivity contribution < 1.29 is 50.6 Å². The van der Waals surface area contributed by atoms with Gasteiger partial charge < -0.3 is 29.7 Å². The Bertz CT molecular complexity index is 2180. The van der Waals surface area contributed by atoms with Gasteiger partial charge >= 0.3 is 6.09 Å². The highest BCUT2D eigenvalue weighted by Gasteiger charge is 2.68. The fraction of sp³-hybridized carbons (Fsp3) is 0.714. The van der Waals surface area contributed by atoms with E-state index in [1.807, 2.05) is 10.8 Å². The molecule has 18 heteroatoms. The molecule has 3 N–H and O–H groups in total. The van der Waals surface area contributed by atoms with E-state index >= 15 is 0 Å². The van der Waals surface area contributed by atoms with E-state index in [1.165, 1.54) is 18.9 Å². The predicted molar refractivity (Wildman–Crippen MR) is 213 cm³/mol. The maximum atomic E-state index is 14.9. The number of nitrogens with one attached hydrogen (secondary N) is 3. The maximum Gasteiger partial charge on any atom is 0.408 e. The lowest BCUT2D eigenvalue weighted by Gasteiger charge is -2.36. The second kappa shape index (κ2) is 15.2. The molecule has 2 aromatic rings. The Kier molecular flexibility index (Phi) is 10.7. The number of hydrogen-bond acceptors (Lipinski definition) is 11.